The van der Waals surface area contributed by atoms with Crippen molar-refractivity contribution in [3.8, 4) is 11.5 Å². The number of hydrogen-bond donors (Lipinski definition) is 2. The van der Waals surface area contributed by atoms with Crippen molar-refractivity contribution < 1.29 is 23.8 Å². The third kappa shape index (κ3) is 5.86. The van der Waals surface area contributed by atoms with Gasteiger partial charge in [-0.1, -0.05) is 29.8 Å². The number of carbonyl (C=O) groups excluding carboxylic acids is 2. The van der Waals surface area contributed by atoms with Gasteiger partial charge in [-0.25, -0.2) is 9.59 Å². The lowest BCUT2D eigenvalue weighted by Crippen LogP contribution is -2.45. The number of benzene rings is 2. The second kappa shape index (κ2) is 10.4. The fourth-order valence-electron chi connectivity index (χ4n) is 3.70. The maximum absolute atomic E-state index is 12.8. The van der Waals surface area contributed by atoms with Gasteiger partial charge in [-0.2, -0.15) is 0 Å². The highest BCUT2D eigenvalue weighted by atomic mass is 16.5. The van der Waals surface area contributed by atoms with Crippen LogP contribution < -0.4 is 20.1 Å². The average molecular weight is 453 g/mol. The molecular formula is C26H32N2O5. The summed E-state index contributed by atoms with van der Waals surface area (Å²) >= 11 is 0. The van der Waals surface area contributed by atoms with Crippen LogP contribution in [0.1, 0.15) is 56.0 Å². The highest BCUT2D eigenvalue weighted by molar-refractivity contribution is 5.95. The second-order valence-electron chi connectivity index (χ2n) is 8.38. The summed E-state index contributed by atoms with van der Waals surface area (Å²) in [5.41, 5.74) is 4.94. The van der Waals surface area contributed by atoms with Gasteiger partial charge in [0.2, 0.25) is 0 Å². The molecule has 0 aliphatic carbocycles. The topological polar surface area (TPSA) is 85.9 Å². The molecule has 0 saturated heterocycles. The molecule has 176 valence electrons. The Labute approximate surface area is 195 Å². The Balaban J connectivity index is 1.92. The van der Waals surface area contributed by atoms with Crippen LogP contribution in [0.15, 0.2) is 47.7 Å². The summed E-state index contributed by atoms with van der Waals surface area (Å²) in [7, 11) is 0. The zero-order valence-electron chi connectivity index (χ0n) is 20.1. The number of hydrogen-bond acceptors (Lipinski definition) is 5. The molecule has 1 aliphatic heterocycles. The molecule has 0 radical (unpaired) electrons. The van der Waals surface area contributed by atoms with Crippen LogP contribution >= 0.6 is 0 Å². The number of rotatable bonds is 8. The molecule has 1 atom stereocenters. The zero-order valence-corrected chi connectivity index (χ0v) is 20.1. The number of amides is 2. The van der Waals surface area contributed by atoms with Crippen molar-refractivity contribution in [2.24, 2.45) is 0 Å². The highest BCUT2D eigenvalue weighted by Crippen LogP contribution is 2.35. The summed E-state index contributed by atoms with van der Waals surface area (Å²) in [5, 5.41) is 5.48. The number of esters is 1. The maximum atomic E-state index is 12.8. The summed E-state index contributed by atoms with van der Waals surface area (Å²) in [6.07, 6.45) is -0.282. The van der Waals surface area contributed by atoms with Gasteiger partial charge in [0.25, 0.3) is 0 Å². The highest BCUT2D eigenvalue weighted by Gasteiger charge is 2.33. The Morgan fingerprint density at radius 2 is 1.79 bits per heavy atom. The van der Waals surface area contributed by atoms with Crippen molar-refractivity contribution in [3.05, 3.63) is 69.9 Å². The fourth-order valence-corrected chi connectivity index (χ4v) is 3.70. The van der Waals surface area contributed by atoms with Gasteiger partial charge < -0.3 is 24.8 Å². The normalized spacial score (nSPS) is 15.7. The molecule has 3 rings (SSSR count). The van der Waals surface area contributed by atoms with Gasteiger partial charge in [0.05, 0.1) is 24.3 Å². The first kappa shape index (κ1) is 24.2. The van der Waals surface area contributed by atoms with Crippen LogP contribution in [0.25, 0.3) is 0 Å². The van der Waals surface area contributed by atoms with Crippen molar-refractivity contribution in [1.82, 2.24) is 10.6 Å². The number of urea groups is 1. The minimum absolute atomic E-state index is 0.282. The van der Waals surface area contributed by atoms with E-state index in [9.17, 15) is 9.59 Å². The quantitative estimate of drug-likeness (QED) is 0.559. The predicted octanol–water partition coefficient (Wildman–Crippen LogP) is 4.86. The van der Waals surface area contributed by atoms with Gasteiger partial charge in [0, 0.05) is 5.70 Å². The van der Waals surface area contributed by atoms with Gasteiger partial charge in [-0.3, -0.25) is 0 Å². The van der Waals surface area contributed by atoms with Crippen molar-refractivity contribution >= 4 is 12.0 Å². The van der Waals surface area contributed by atoms with Crippen LogP contribution in [0.4, 0.5) is 4.79 Å². The number of nitrogens with one attached hydrogen (secondary N) is 2. The molecule has 33 heavy (non-hydrogen) atoms. The first-order valence-corrected chi connectivity index (χ1v) is 11.1. The summed E-state index contributed by atoms with van der Waals surface area (Å²) in [6.45, 7) is 12.1. The molecular weight excluding hydrogens is 420 g/mol. The second-order valence-corrected chi connectivity index (χ2v) is 8.38. The molecule has 0 spiro atoms. The monoisotopic (exact) mass is 452 g/mol. The number of ether oxygens (including phenoxy) is 3. The Hall–Kier alpha value is -3.48. The molecule has 1 aliphatic rings. The van der Waals surface area contributed by atoms with Gasteiger partial charge in [-0.15, -0.1) is 0 Å². The lowest BCUT2D eigenvalue weighted by Gasteiger charge is -2.29. The Morgan fingerprint density at radius 3 is 2.48 bits per heavy atom. The van der Waals surface area contributed by atoms with Crippen LogP contribution in [-0.4, -0.2) is 24.7 Å². The number of aryl methyl sites for hydroxylation is 2. The average Bonchev–Trinajstić information content (AvgIpc) is 2.74. The van der Waals surface area contributed by atoms with E-state index in [0.29, 0.717) is 41.5 Å². The molecule has 2 N–H and O–H groups in total. The SMILES string of the molecule is CCOc1cc(C2NC(=O)NC(C)=C2C(=O)OC(C)C)ccc1OCc1cc(C)ccc1C. The summed E-state index contributed by atoms with van der Waals surface area (Å²) in [6, 6.07) is 10.6. The van der Waals surface area contributed by atoms with Crippen LogP contribution in [0.2, 0.25) is 0 Å². The zero-order chi connectivity index (χ0) is 24.1. The lowest BCUT2D eigenvalue weighted by molar-refractivity contribution is -0.143. The van der Waals surface area contributed by atoms with E-state index in [1.165, 1.54) is 5.56 Å². The third-order valence-electron chi connectivity index (χ3n) is 5.32. The smallest absolute Gasteiger partial charge is 0.338 e. The molecule has 0 fully saturated rings. The molecule has 7 heteroatoms. The van der Waals surface area contributed by atoms with E-state index in [4.69, 9.17) is 14.2 Å². The van der Waals surface area contributed by atoms with E-state index in [1.54, 1.807) is 32.9 Å². The molecule has 2 aromatic carbocycles. The largest absolute Gasteiger partial charge is 0.490 e. The summed E-state index contributed by atoms with van der Waals surface area (Å²) < 4.78 is 17.3. The molecule has 1 heterocycles. The van der Waals surface area contributed by atoms with Crippen molar-refractivity contribution in [2.75, 3.05) is 6.61 Å². The minimum Gasteiger partial charge on any atom is -0.490 e. The molecule has 0 aromatic heterocycles. The van der Waals surface area contributed by atoms with Crippen LogP contribution in [0.3, 0.4) is 0 Å². The van der Waals surface area contributed by atoms with Crippen LogP contribution in [0.5, 0.6) is 11.5 Å². The molecule has 2 aromatic rings. The van der Waals surface area contributed by atoms with E-state index in [-0.39, 0.29) is 12.1 Å². The Bertz CT molecular complexity index is 1070. The van der Waals surface area contributed by atoms with Gasteiger partial charge in [-0.05, 0) is 70.4 Å². The number of carbonyl (C=O) groups is 2. The van der Waals surface area contributed by atoms with E-state index in [1.807, 2.05) is 19.9 Å². The summed E-state index contributed by atoms with van der Waals surface area (Å²) in [4.78, 5) is 25.0. The Kier molecular flexibility index (Phi) is 7.63. The first-order chi connectivity index (χ1) is 15.7. The van der Waals surface area contributed by atoms with Crippen molar-refractivity contribution in [1.29, 1.82) is 0 Å². The Morgan fingerprint density at radius 1 is 1.03 bits per heavy atom. The first-order valence-electron chi connectivity index (χ1n) is 11.1. The van der Waals surface area contributed by atoms with Gasteiger partial charge in [0.1, 0.15) is 6.61 Å². The van der Waals surface area contributed by atoms with Crippen LogP contribution in [0, 0.1) is 13.8 Å². The minimum atomic E-state index is -0.669. The number of allylic oxidation sites excluding steroid dienone is 1. The maximum Gasteiger partial charge on any atom is 0.338 e. The summed E-state index contributed by atoms with van der Waals surface area (Å²) in [5.74, 6) is 0.657. The molecule has 1 unspecified atom stereocenters. The fraction of sp³-hybridized carbons (Fsp3) is 0.385. The van der Waals surface area contributed by atoms with Gasteiger partial charge >= 0.3 is 12.0 Å². The van der Waals surface area contributed by atoms with E-state index in [0.717, 1.165) is 11.1 Å². The molecule has 0 saturated carbocycles. The van der Waals surface area contributed by atoms with E-state index in [2.05, 4.69) is 35.8 Å². The molecule has 7 nitrogen and oxygen atoms in total. The van der Waals surface area contributed by atoms with Crippen LogP contribution in [-0.2, 0) is 16.1 Å². The predicted molar refractivity (Wildman–Crippen MR) is 126 cm³/mol. The van der Waals surface area contributed by atoms with E-state index >= 15 is 0 Å². The standard InChI is InChI=1S/C26H32N2O5/c1-7-31-22-13-19(10-11-21(22)32-14-20-12-16(4)8-9-17(20)5)24-23(25(29)33-15(2)3)18(6)27-26(30)28-24/h8-13,15,24H,7,14H2,1-6H3,(H2,27,28,30). The van der Waals surface area contributed by atoms with Gasteiger partial charge in [0.15, 0.2) is 11.5 Å². The third-order valence-corrected chi connectivity index (χ3v) is 5.32. The molecule has 2 amide bonds. The van der Waals surface area contributed by atoms with Crippen molar-refractivity contribution in [3.63, 3.8) is 0 Å². The molecule has 0 bridgehead atoms. The van der Waals surface area contributed by atoms with Crippen molar-refractivity contribution in [2.45, 2.75) is 60.3 Å². The lowest BCUT2D eigenvalue weighted by atomic mass is 9.95. The van der Waals surface area contributed by atoms with E-state index < -0.39 is 12.0 Å².